The van der Waals surface area contributed by atoms with Crippen LogP contribution in [0.5, 0.6) is 0 Å². The van der Waals surface area contributed by atoms with E-state index in [0.717, 1.165) is 39.2 Å². The lowest BCUT2D eigenvalue weighted by Gasteiger charge is -2.23. The fraction of sp³-hybridized carbons (Fsp3) is 0.909. The molecule has 88 valence electrons. The van der Waals surface area contributed by atoms with Gasteiger partial charge < -0.3 is 15.0 Å². The van der Waals surface area contributed by atoms with Gasteiger partial charge in [0.2, 0.25) is 5.91 Å². The molecule has 4 heteroatoms. The monoisotopic (exact) mass is 214 g/mol. The largest absolute Gasteiger partial charge is 0.380 e. The molecular formula is C11H22N2O2. The highest BCUT2D eigenvalue weighted by Gasteiger charge is 2.25. The zero-order valence-electron chi connectivity index (χ0n) is 9.79. The summed E-state index contributed by atoms with van der Waals surface area (Å²) in [5.74, 6) is 0.466. The van der Waals surface area contributed by atoms with Crippen LogP contribution in [0.25, 0.3) is 0 Å². The van der Waals surface area contributed by atoms with Crippen molar-refractivity contribution in [2.75, 3.05) is 39.4 Å². The fourth-order valence-electron chi connectivity index (χ4n) is 1.87. The minimum atomic E-state index is 0.187. The second-order valence-electron chi connectivity index (χ2n) is 3.80. The van der Waals surface area contributed by atoms with Gasteiger partial charge in [-0.1, -0.05) is 0 Å². The van der Waals surface area contributed by atoms with E-state index in [1.54, 1.807) is 0 Å². The summed E-state index contributed by atoms with van der Waals surface area (Å²) in [5, 5.41) is 3.22. The molecule has 0 spiro atoms. The second kappa shape index (κ2) is 6.80. The molecule has 0 bridgehead atoms. The third-order valence-electron chi connectivity index (χ3n) is 2.81. The predicted octanol–water partition coefficient (Wildman–Crippen LogP) is 0.481. The molecule has 1 amide bonds. The third-order valence-corrected chi connectivity index (χ3v) is 2.81. The molecule has 1 heterocycles. The van der Waals surface area contributed by atoms with E-state index in [-0.39, 0.29) is 11.8 Å². The Kier molecular flexibility index (Phi) is 5.65. The number of rotatable bonds is 6. The first kappa shape index (κ1) is 12.5. The van der Waals surface area contributed by atoms with E-state index in [0.29, 0.717) is 6.61 Å². The van der Waals surface area contributed by atoms with Crippen LogP contribution in [0.2, 0.25) is 0 Å². The molecule has 1 N–H and O–H groups in total. The molecular weight excluding hydrogens is 192 g/mol. The fourth-order valence-corrected chi connectivity index (χ4v) is 1.87. The molecule has 15 heavy (non-hydrogen) atoms. The lowest BCUT2D eigenvalue weighted by atomic mass is 10.1. The van der Waals surface area contributed by atoms with Crippen LogP contribution in [-0.4, -0.2) is 50.2 Å². The summed E-state index contributed by atoms with van der Waals surface area (Å²) in [6.07, 6.45) is 0.976. The number of nitrogens with one attached hydrogen (secondary N) is 1. The standard InChI is InChI=1S/C11H22N2O2/c1-3-13(7-8-15-4-2)11(14)10-5-6-12-9-10/h10,12H,3-9H2,1-2H3/t10-/m1/s1. The Labute approximate surface area is 92.0 Å². The average molecular weight is 214 g/mol. The zero-order chi connectivity index (χ0) is 11.1. The van der Waals surface area contributed by atoms with Crippen molar-refractivity contribution in [3.63, 3.8) is 0 Å². The van der Waals surface area contributed by atoms with Gasteiger partial charge in [-0.15, -0.1) is 0 Å². The summed E-state index contributed by atoms with van der Waals surface area (Å²) in [5.41, 5.74) is 0. The van der Waals surface area contributed by atoms with Gasteiger partial charge in [0, 0.05) is 26.2 Å². The molecule has 0 aromatic heterocycles. The van der Waals surface area contributed by atoms with Crippen LogP contribution in [0.15, 0.2) is 0 Å². The number of carbonyl (C=O) groups is 1. The molecule has 1 fully saturated rings. The predicted molar refractivity (Wildman–Crippen MR) is 59.7 cm³/mol. The van der Waals surface area contributed by atoms with Crippen molar-refractivity contribution >= 4 is 5.91 Å². The first-order valence-corrected chi connectivity index (χ1v) is 5.86. The van der Waals surface area contributed by atoms with Crippen LogP contribution in [0.4, 0.5) is 0 Å². The number of likely N-dealkylation sites (N-methyl/N-ethyl adjacent to an activating group) is 1. The van der Waals surface area contributed by atoms with Crippen molar-refractivity contribution in [1.82, 2.24) is 10.2 Å². The summed E-state index contributed by atoms with van der Waals surface area (Å²) in [7, 11) is 0. The lowest BCUT2D eigenvalue weighted by Crippen LogP contribution is -2.39. The van der Waals surface area contributed by atoms with Crippen LogP contribution in [-0.2, 0) is 9.53 Å². The average Bonchev–Trinajstić information content (AvgIpc) is 2.77. The van der Waals surface area contributed by atoms with Crippen LogP contribution >= 0.6 is 0 Å². The van der Waals surface area contributed by atoms with Gasteiger partial charge in [-0.3, -0.25) is 4.79 Å². The van der Waals surface area contributed by atoms with Gasteiger partial charge >= 0.3 is 0 Å². The number of ether oxygens (including phenoxy) is 1. The second-order valence-corrected chi connectivity index (χ2v) is 3.80. The van der Waals surface area contributed by atoms with Gasteiger partial charge in [0.25, 0.3) is 0 Å². The van der Waals surface area contributed by atoms with Gasteiger partial charge in [0.05, 0.1) is 12.5 Å². The van der Waals surface area contributed by atoms with Crippen LogP contribution < -0.4 is 5.32 Å². The first-order chi connectivity index (χ1) is 7.29. The molecule has 4 nitrogen and oxygen atoms in total. The topological polar surface area (TPSA) is 41.6 Å². The Morgan fingerprint density at radius 2 is 2.33 bits per heavy atom. The van der Waals surface area contributed by atoms with E-state index in [1.807, 2.05) is 18.7 Å². The molecule has 0 aromatic carbocycles. The number of carbonyl (C=O) groups excluding carboxylic acids is 1. The molecule has 1 aliphatic rings. The number of hydrogen-bond acceptors (Lipinski definition) is 3. The third kappa shape index (κ3) is 3.80. The molecule has 1 rings (SSSR count). The van der Waals surface area contributed by atoms with Crippen molar-refractivity contribution in [1.29, 1.82) is 0 Å². The van der Waals surface area contributed by atoms with E-state index < -0.39 is 0 Å². The number of nitrogens with zero attached hydrogens (tertiary/aromatic N) is 1. The van der Waals surface area contributed by atoms with Crippen molar-refractivity contribution in [2.24, 2.45) is 5.92 Å². The summed E-state index contributed by atoms with van der Waals surface area (Å²) in [4.78, 5) is 13.9. The summed E-state index contributed by atoms with van der Waals surface area (Å²) in [6.45, 7) is 8.67. The van der Waals surface area contributed by atoms with E-state index in [1.165, 1.54) is 0 Å². The molecule has 0 saturated carbocycles. The van der Waals surface area contributed by atoms with E-state index >= 15 is 0 Å². The molecule has 1 aliphatic heterocycles. The quantitative estimate of drug-likeness (QED) is 0.654. The Bertz CT molecular complexity index is 191. The van der Waals surface area contributed by atoms with Crippen molar-refractivity contribution in [2.45, 2.75) is 20.3 Å². The van der Waals surface area contributed by atoms with Gasteiger partial charge in [-0.25, -0.2) is 0 Å². The molecule has 0 aliphatic carbocycles. The normalized spacial score (nSPS) is 20.5. The summed E-state index contributed by atoms with van der Waals surface area (Å²) in [6, 6.07) is 0. The summed E-state index contributed by atoms with van der Waals surface area (Å²) >= 11 is 0. The minimum absolute atomic E-state index is 0.187. The van der Waals surface area contributed by atoms with Crippen molar-refractivity contribution in [3.05, 3.63) is 0 Å². The van der Waals surface area contributed by atoms with E-state index in [9.17, 15) is 4.79 Å². The Morgan fingerprint density at radius 3 is 2.87 bits per heavy atom. The zero-order valence-corrected chi connectivity index (χ0v) is 9.79. The highest BCUT2D eigenvalue weighted by atomic mass is 16.5. The SMILES string of the molecule is CCOCCN(CC)C(=O)[C@@H]1CCNC1. The van der Waals surface area contributed by atoms with E-state index in [4.69, 9.17) is 4.74 Å². The molecule has 1 atom stereocenters. The van der Waals surface area contributed by atoms with E-state index in [2.05, 4.69) is 5.32 Å². The molecule has 1 saturated heterocycles. The lowest BCUT2D eigenvalue weighted by molar-refractivity contribution is -0.135. The highest BCUT2D eigenvalue weighted by Crippen LogP contribution is 2.11. The van der Waals surface area contributed by atoms with Crippen molar-refractivity contribution < 1.29 is 9.53 Å². The van der Waals surface area contributed by atoms with Gasteiger partial charge in [0.15, 0.2) is 0 Å². The first-order valence-electron chi connectivity index (χ1n) is 5.86. The van der Waals surface area contributed by atoms with Crippen LogP contribution in [0.3, 0.4) is 0 Å². The van der Waals surface area contributed by atoms with Gasteiger partial charge in [0.1, 0.15) is 0 Å². The Morgan fingerprint density at radius 1 is 1.53 bits per heavy atom. The van der Waals surface area contributed by atoms with Gasteiger partial charge in [-0.2, -0.15) is 0 Å². The number of hydrogen-bond donors (Lipinski definition) is 1. The Balaban J connectivity index is 2.32. The Hall–Kier alpha value is -0.610. The molecule has 0 radical (unpaired) electrons. The number of amides is 1. The van der Waals surface area contributed by atoms with Crippen LogP contribution in [0, 0.1) is 5.92 Å². The highest BCUT2D eigenvalue weighted by molar-refractivity contribution is 5.79. The minimum Gasteiger partial charge on any atom is -0.380 e. The smallest absolute Gasteiger partial charge is 0.227 e. The van der Waals surface area contributed by atoms with Crippen molar-refractivity contribution in [3.8, 4) is 0 Å². The van der Waals surface area contributed by atoms with Crippen LogP contribution in [0.1, 0.15) is 20.3 Å². The van der Waals surface area contributed by atoms with Gasteiger partial charge in [-0.05, 0) is 26.8 Å². The summed E-state index contributed by atoms with van der Waals surface area (Å²) < 4.78 is 5.27. The maximum atomic E-state index is 12.0. The molecule has 0 unspecified atom stereocenters. The maximum absolute atomic E-state index is 12.0. The maximum Gasteiger partial charge on any atom is 0.227 e. The molecule has 0 aromatic rings.